The minimum Gasteiger partial charge on any atom is -0.366 e. The predicted molar refractivity (Wildman–Crippen MR) is 25.9 cm³/mol. The molecule has 0 unspecified atom stereocenters. The standard InChI is InChI=1S/C4H7NO.HO/c1-3(2)4(5)6;/h1H2,2H3,(H2,5,6);1H. The molecule has 0 heterocycles. The minimum atomic E-state index is -0.435. The van der Waals surface area contributed by atoms with E-state index in [2.05, 4.69) is 6.58 Å². The predicted octanol–water partition coefficient (Wildman–Crippen LogP) is -0.129. The van der Waals surface area contributed by atoms with E-state index in [4.69, 9.17) is 5.73 Å². The second kappa shape index (κ2) is 3.36. The maximum atomic E-state index is 9.82. The molecule has 0 fully saturated rings. The molecule has 0 bridgehead atoms. The summed E-state index contributed by atoms with van der Waals surface area (Å²) in [6.45, 7) is 4.85. The Morgan fingerprint density at radius 2 is 1.86 bits per heavy atom. The van der Waals surface area contributed by atoms with E-state index in [0.29, 0.717) is 5.57 Å². The van der Waals surface area contributed by atoms with Crippen LogP contribution in [0.4, 0.5) is 0 Å². The van der Waals surface area contributed by atoms with Crippen LogP contribution in [0.1, 0.15) is 6.92 Å². The maximum Gasteiger partial charge on any atom is 0.243 e. The summed E-state index contributed by atoms with van der Waals surface area (Å²) in [5, 5.41) is 0. The van der Waals surface area contributed by atoms with Crippen LogP contribution in [0, 0.1) is 0 Å². The number of hydrogen-bond donors (Lipinski definition) is 2. The van der Waals surface area contributed by atoms with Crippen LogP contribution in [0.15, 0.2) is 12.2 Å². The summed E-state index contributed by atoms with van der Waals surface area (Å²) < 4.78 is 0. The van der Waals surface area contributed by atoms with Crippen molar-refractivity contribution in [3.63, 3.8) is 0 Å². The van der Waals surface area contributed by atoms with Gasteiger partial charge in [0.05, 0.1) is 0 Å². The van der Waals surface area contributed by atoms with Crippen LogP contribution in [0.3, 0.4) is 0 Å². The zero-order valence-corrected chi connectivity index (χ0v) is 4.14. The molecule has 3 N–H and O–H groups in total. The third-order valence-electron chi connectivity index (χ3n) is 0.421. The lowest BCUT2D eigenvalue weighted by Gasteiger charge is -1.81. The van der Waals surface area contributed by atoms with Crippen molar-refractivity contribution in [2.75, 3.05) is 0 Å². The molecule has 1 radical (unpaired) electrons. The minimum absolute atomic E-state index is 0. The number of rotatable bonds is 1. The van der Waals surface area contributed by atoms with Crippen molar-refractivity contribution in [1.82, 2.24) is 0 Å². The van der Waals surface area contributed by atoms with Crippen molar-refractivity contribution >= 4 is 5.91 Å². The maximum absolute atomic E-state index is 9.82. The molecular weight excluding hydrogens is 94.0 g/mol. The van der Waals surface area contributed by atoms with E-state index in [-0.39, 0.29) is 5.48 Å². The second-order valence-electron chi connectivity index (χ2n) is 1.14. The van der Waals surface area contributed by atoms with E-state index >= 15 is 0 Å². The topological polar surface area (TPSA) is 73.1 Å². The summed E-state index contributed by atoms with van der Waals surface area (Å²) in [6, 6.07) is 0. The van der Waals surface area contributed by atoms with E-state index in [9.17, 15) is 4.79 Å². The monoisotopic (exact) mass is 102 g/mol. The first-order valence-electron chi connectivity index (χ1n) is 1.60. The van der Waals surface area contributed by atoms with E-state index in [1.807, 2.05) is 0 Å². The third kappa shape index (κ3) is 5.17. The SMILES string of the molecule is C=C(C)C(N)=O.[OH]. The zero-order valence-electron chi connectivity index (χ0n) is 4.14. The molecule has 0 atom stereocenters. The Kier molecular flexibility index (Phi) is 4.56. The average molecular weight is 102 g/mol. The molecule has 7 heavy (non-hydrogen) atoms. The van der Waals surface area contributed by atoms with Gasteiger partial charge in [0.2, 0.25) is 5.91 Å². The van der Waals surface area contributed by atoms with Crippen LogP contribution in [0.25, 0.3) is 0 Å². The van der Waals surface area contributed by atoms with Crippen LogP contribution in [0.5, 0.6) is 0 Å². The molecule has 1 amide bonds. The molecule has 0 saturated carbocycles. The Labute approximate surface area is 42.1 Å². The van der Waals surface area contributed by atoms with Gasteiger partial charge < -0.3 is 5.73 Å². The van der Waals surface area contributed by atoms with E-state index < -0.39 is 5.91 Å². The summed E-state index contributed by atoms with van der Waals surface area (Å²) in [6.07, 6.45) is 0. The molecule has 3 heteroatoms. The first kappa shape index (κ1) is 9.48. The van der Waals surface area contributed by atoms with Crippen molar-refractivity contribution in [2.45, 2.75) is 6.92 Å². The number of primary amides is 1. The van der Waals surface area contributed by atoms with E-state index in [0.717, 1.165) is 0 Å². The molecule has 0 aromatic carbocycles. The highest BCUT2D eigenvalue weighted by molar-refractivity contribution is 5.90. The highest BCUT2D eigenvalue weighted by Crippen LogP contribution is 1.78. The average Bonchev–Trinajstić information content (AvgIpc) is 1.36. The van der Waals surface area contributed by atoms with Gasteiger partial charge in [0.15, 0.2) is 0 Å². The molecule has 0 aliphatic carbocycles. The van der Waals surface area contributed by atoms with Crippen LogP contribution < -0.4 is 5.73 Å². The number of nitrogens with two attached hydrogens (primary N) is 1. The fourth-order valence-electron chi connectivity index (χ4n) is 0. The molecule has 0 aromatic rings. The van der Waals surface area contributed by atoms with Crippen molar-refractivity contribution in [3.05, 3.63) is 12.2 Å². The van der Waals surface area contributed by atoms with E-state index in [1.165, 1.54) is 0 Å². The molecule has 0 spiro atoms. The third-order valence-corrected chi connectivity index (χ3v) is 0.421. The highest BCUT2D eigenvalue weighted by atomic mass is 16.1. The normalized spacial score (nSPS) is 6.43. The fraction of sp³-hybridized carbons (Fsp3) is 0.250. The summed E-state index contributed by atoms with van der Waals surface area (Å²) in [5.74, 6) is -0.435. The van der Waals surface area contributed by atoms with Crippen LogP contribution in [-0.4, -0.2) is 11.4 Å². The zero-order chi connectivity index (χ0) is 5.15. The van der Waals surface area contributed by atoms with Crippen LogP contribution >= 0.6 is 0 Å². The van der Waals surface area contributed by atoms with Crippen LogP contribution in [0.2, 0.25) is 0 Å². The molecule has 0 aliphatic heterocycles. The molecule has 0 aliphatic rings. The summed E-state index contributed by atoms with van der Waals surface area (Å²) in [7, 11) is 0. The Morgan fingerprint density at radius 1 is 1.71 bits per heavy atom. The van der Waals surface area contributed by atoms with Crippen molar-refractivity contribution in [1.29, 1.82) is 0 Å². The van der Waals surface area contributed by atoms with Crippen molar-refractivity contribution < 1.29 is 10.3 Å². The Hall–Kier alpha value is -0.830. The number of hydrogen-bond acceptors (Lipinski definition) is 1. The number of carbonyl (C=O) groups excluding carboxylic acids is 1. The van der Waals surface area contributed by atoms with Gasteiger partial charge in [0.1, 0.15) is 0 Å². The van der Waals surface area contributed by atoms with Gasteiger partial charge in [-0.25, -0.2) is 0 Å². The largest absolute Gasteiger partial charge is 0.366 e. The lowest BCUT2D eigenvalue weighted by atomic mass is 10.3. The molecule has 0 saturated heterocycles. The van der Waals surface area contributed by atoms with Gasteiger partial charge in [-0.05, 0) is 6.92 Å². The molecular formula is C4H8NO2. The van der Waals surface area contributed by atoms with Gasteiger partial charge in [-0.2, -0.15) is 0 Å². The van der Waals surface area contributed by atoms with Gasteiger partial charge in [-0.15, -0.1) is 0 Å². The smallest absolute Gasteiger partial charge is 0.243 e. The summed E-state index contributed by atoms with van der Waals surface area (Å²) >= 11 is 0. The first-order valence-corrected chi connectivity index (χ1v) is 1.60. The first-order chi connectivity index (χ1) is 2.64. The number of amides is 1. The molecule has 0 aromatic heterocycles. The number of carbonyl (C=O) groups is 1. The summed E-state index contributed by atoms with van der Waals surface area (Å²) in [5.41, 5.74) is 5.09. The lowest BCUT2D eigenvalue weighted by Crippen LogP contribution is -2.10. The Morgan fingerprint density at radius 3 is 1.86 bits per heavy atom. The lowest BCUT2D eigenvalue weighted by molar-refractivity contribution is -0.114. The quantitative estimate of drug-likeness (QED) is 0.445. The van der Waals surface area contributed by atoms with Gasteiger partial charge in [-0.1, -0.05) is 6.58 Å². The van der Waals surface area contributed by atoms with Crippen LogP contribution in [-0.2, 0) is 4.79 Å². The van der Waals surface area contributed by atoms with Gasteiger partial charge in [0.25, 0.3) is 0 Å². The van der Waals surface area contributed by atoms with Gasteiger partial charge in [0, 0.05) is 5.57 Å². The highest BCUT2D eigenvalue weighted by Gasteiger charge is 1.86. The summed E-state index contributed by atoms with van der Waals surface area (Å²) in [4.78, 5) is 9.82. The fourth-order valence-corrected chi connectivity index (χ4v) is 0. The Bertz CT molecular complexity index is 75.7. The Balaban J connectivity index is 0. The molecule has 3 nitrogen and oxygen atoms in total. The molecule has 0 rings (SSSR count). The van der Waals surface area contributed by atoms with Crippen molar-refractivity contribution in [3.8, 4) is 0 Å². The van der Waals surface area contributed by atoms with Crippen molar-refractivity contribution in [2.24, 2.45) is 5.73 Å². The second-order valence-corrected chi connectivity index (χ2v) is 1.14. The van der Waals surface area contributed by atoms with Gasteiger partial charge in [-0.3, -0.25) is 10.3 Å². The van der Waals surface area contributed by atoms with Gasteiger partial charge >= 0.3 is 0 Å². The van der Waals surface area contributed by atoms with E-state index in [1.54, 1.807) is 6.92 Å². The molecule has 41 valence electrons.